The van der Waals surface area contributed by atoms with Gasteiger partial charge in [0.2, 0.25) is 0 Å². The van der Waals surface area contributed by atoms with Crippen LogP contribution in [-0.2, 0) is 9.31 Å². The van der Waals surface area contributed by atoms with Crippen molar-refractivity contribution in [2.24, 2.45) is 0 Å². The average molecular weight is 240 g/mol. The van der Waals surface area contributed by atoms with Gasteiger partial charge < -0.3 is 9.31 Å². The van der Waals surface area contributed by atoms with E-state index in [1.165, 1.54) is 12.1 Å². The van der Waals surface area contributed by atoms with Crippen molar-refractivity contribution in [1.82, 2.24) is 0 Å². The Hall–Kier alpha value is -0.935. The second-order valence-electron chi connectivity index (χ2n) is 5.29. The second kappa shape index (κ2) is 3.78. The summed E-state index contributed by atoms with van der Waals surface area (Å²) in [6, 6.07) is 3.28. The van der Waals surface area contributed by atoms with E-state index in [4.69, 9.17) is 9.31 Å². The fourth-order valence-electron chi connectivity index (χ4n) is 1.69. The van der Waals surface area contributed by atoms with E-state index in [1.54, 1.807) is 0 Å². The van der Waals surface area contributed by atoms with Crippen molar-refractivity contribution in [1.29, 1.82) is 0 Å². The average Bonchev–Trinajstić information content (AvgIpc) is 2.34. The number of benzene rings is 1. The first-order valence-electron chi connectivity index (χ1n) is 5.53. The smallest absolute Gasteiger partial charge is 0.399 e. The highest BCUT2D eigenvalue weighted by Gasteiger charge is 2.51. The molecular weight excluding hydrogens is 225 g/mol. The monoisotopic (exact) mass is 240 g/mol. The molecule has 0 N–H and O–H groups in total. The van der Waals surface area contributed by atoms with E-state index in [9.17, 15) is 8.78 Å². The van der Waals surface area contributed by atoms with Crippen LogP contribution in [0.2, 0.25) is 0 Å². The van der Waals surface area contributed by atoms with Crippen LogP contribution in [0.1, 0.15) is 27.7 Å². The lowest BCUT2D eigenvalue weighted by Gasteiger charge is -2.32. The molecule has 1 heterocycles. The normalized spacial score (nSPS) is 21.9. The predicted molar refractivity (Wildman–Crippen MR) is 62.1 cm³/mol. The van der Waals surface area contributed by atoms with Crippen LogP contribution in [0.25, 0.3) is 0 Å². The third-order valence-electron chi connectivity index (χ3n) is 3.41. The van der Waals surface area contributed by atoms with E-state index in [-0.39, 0.29) is 0 Å². The van der Waals surface area contributed by atoms with Gasteiger partial charge in [-0.15, -0.1) is 0 Å². The van der Waals surface area contributed by atoms with Crippen molar-refractivity contribution in [2.45, 2.75) is 38.9 Å². The van der Waals surface area contributed by atoms with Gasteiger partial charge in [-0.25, -0.2) is 8.78 Å². The number of hydrogen-bond donors (Lipinski definition) is 0. The molecular formula is C12H15BF2O2. The first-order chi connectivity index (χ1) is 7.71. The molecule has 17 heavy (non-hydrogen) atoms. The maximum absolute atomic E-state index is 13.1. The van der Waals surface area contributed by atoms with Gasteiger partial charge in [0.15, 0.2) is 0 Å². The molecule has 0 aromatic heterocycles. The molecule has 0 saturated carbocycles. The Morgan fingerprint density at radius 2 is 1.29 bits per heavy atom. The molecule has 0 atom stereocenters. The molecule has 1 aliphatic rings. The molecule has 1 aromatic carbocycles. The van der Waals surface area contributed by atoms with Gasteiger partial charge in [-0.2, -0.15) is 0 Å². The number of halogens is 2. The van der Waals surface area contributed by atoms with Crippen LogP contribution in [0.3, 0.4) is 0 Å². The van der Waals surface area contributed by atoms with Gasteiger partial charge >= 0.3 is 7.12 Å². The van der Waals surface area contributed by atoms with E-state index in [1.807, 2.05) is 27.7 Å². The first-order valence-corrected chi connectivity index (χ1v) is 5.53. The Morgan fingerprint density at radius 1 is 0.882 bits per heavy atom. The van der Waals surface area contributed by atoms with E-state index in [2.05, 4.69) is 0 Å². The van der Waals surface area contributed by atoms with Crippen LogP contribution >= 0.6 is 0 Å². The lowest BCUT2D eigenvalue weighted by molar-refractivity contribution is 0.00578. The third kappa shape index (κ3) is 2.22. The molecule has 2 rings (SSSR count). The fraction of sp³-hybridized carbons (Fsp3) is 0.500. The Bertz CT molecular complexity index is 410. The first kappa shape index (κ1) is 12.5. The van der Waals surface area contributed by atoms with Crippen LogP contribution in [0.15, 0.2) is 18.2 Å². The Kier molecular flexibility index (Phi) is 2.79. The van der Waals surface area contributed by atoms with Gasteiger partial charge in [0.05, 0.1) is 11.2 Å². The lowest BCUT2D eigenvalue weighted by Crippen LogP contribution is -2.41. The lowest BCUT2D eigenvalue weighted by atomic mass is 9.79. The summed E-state index contributed by atoms with van der Waals surface area (Å²) >= 11 is 0. The predicted octanol–water partition coefficient (Wildman–Crippen LogP) is 2.26. The maximum atomic E-state index is 13.1. The van der Waals surface area contributed by atoms with Crippen molar-refractivity contribution < 1.29 is 18.1 Å². The molecule has 0 radical (unpaired) electrons. The largest absolute Gasteiger partial charge is 0.495 e. The number of rotatable bonds is 1. The van der Waals surface area contributed by atoms with Crippen molar-refractivity contribution in [2.75, 3.05) is 0 Å². The Morgan fingerprint density at radius 3 is 1.71 bits per heavy atom. The Labute approximate surface area is 100 Å². The van der Waals surface area contributed by atoms with Crippen LogP contribution in [0.4, 0.5) is 8.78 Å². The molecule has 1 saturated heterocycles. The van der Waals surface area contributed by atoms with Crippen molar-refractivity contribution in [3.63, 3.8) is 0 Å². The molecule has 0 bridgehead atoms. The highest BCUT2D eigenvalue weighted by Crippen LogP contribution is 2.36. The molecule has 0 amide bonds. The van der Waals surface area contributed by atoms with Crippen molar-refractivity contribution in [3.8, 4) is 0 Å². The zero-order valence-electron chi connectivity index (χ0n) is 10.4. The summed E-state index contributed by atoms with van der Waals surface area (Å²) in [5.74, 6) is -1.26. The molecule has 2 nitrogen and oxygen atoms in total. The van der Waals surface area contributed by atoms with Crippen molar-refractivity contribution >= 4 is 12.6 Å². The van der Waals surface area contributed by atoms with Gasteiger partial charge in [0.25, 0.3) is 0 Å². The van der Waals surface area contributed by atoms with E-state index in [0.717, 1.165) is 6.07 Å². The number of hydrogen-bond acceptors (Lipinski definition) is 2. The van der Waals surface area contributed by atoms with Crippen LogP contribution in [0.5, 0.6) is 0 Å². The van der Waals surface area contributed by atoms with Crippen LogP contribution < -0.4 is 5.46 Å². The Balaban J connectivity index is 2.32. The highest BCUT2D eigenvalue weighted by atomic mass is 19.1. The van der Waals surface area contributed by atoms with Gasteiger partial charge in [-0.3, -0.25) is 0 Å². The summed E-state index contributed by atoms with van der Waals surface area (Å²) in [6.07, 6.45) is 0. The topological polar surface area (TPSA) is 18.5 Å². The molecule has 1 fully saturated rings. The summed E-state index contributed by atoms with van der Waals surface area (Å²) in [4.78, 5) is 0. The summed E-state index contributed by atoms with van der Waals surface area (Å²) in [7, 11) is -0.731. The molecule has 0 aliphatic carbocycles. The highest BCUT2D eigenvalue weighted by molar-refractivity contribution is 6.62. The fourth-order valence-corrected chi connectivity index (χ4v) is 1.69. The maximum Gasteiger partial charge on any atom is 0.495 e. The second-order valence-corrected chi connectivity index (χ2v) is 5.29. The van der Waals surface area contributed by atoms with E-state index in [0.29, 0.717) is 5.46 Å². The van der Waals surface area contributed by atoms with E-state index >= 15 is 0 Å². The molecule has 1 aliphatic heterocycles. The van der Waals surface area contributed by atoms with E-state index < -0.39 is 30.0 Å². The molecule has 5 heteroatoms. The minimum atomic E-state index is -0.731. The van der Waals surface area contributed by atoms with Gasteiger partial charge in [0.1, 0.15) is 11.6 Å². The summed E-state index contributed by atoms with van der Waals surface area (Å²) in [5.41, 5.74) is -0.665. The van der Waals surface area contributed by atoms with Gasteiger partial charge in [-0.05, 0) is 45.3 Å². The van der Waals surface area contributed by atoms with Crippen LogP contribution in [0, 0.1) is 11.6 Å². The molecule has 0 spiro atoms. The molecule has 0 unspecified atom stereocenters. The quantitative estimate of drug-likeness (QED) is 0.701. The zero-order chi connectivity index (χ0) is 12.8. The minimum absolute atomic E-state index is 0.362. The summed E-state index contributed by atoms with van der Waals surface area (Å²) < 4.78 is 37.6. The summed E-state index contributed by atoms with van der Waals surface area (Å²) in [5, 5.41) is 0. The molecule has 92 valence electrons. The standard InChI is InChI=1S/C12H15BF2O2/c1-11(2)12(3,4)17-13(16-11)8-5-9(14)7-10(15)6-8/h5-7H,1-4H3. The SMILES string of the molecule is CC1(C)OB(c2cc(F)cc(F)c2)OC1(C)C. The van der Waals surface area contributed by atoms with Gasteiger partial charge in [-0.1, -0.05) is 0 Å². The van der Waals surface area contributed by atoms with Gasteiger partial charge in [0, 0.05) is 6.07 Å². The summed E-state index contributed by atoms with van der Waals surface area (Å²) in [6.45, 7) is 7.57. The third-order valence-corrected chi connectivity index (χ3v) is 3.41. The van der Waals surface area contributed by atoms with Crippen LogP contribution in [-0.4, -0.2) is 18.3 Å². The molecule has 1 aromatic rings. The zero-order valence-corrected chi connectivity index (χ0v) is 10.4. The minimum Gasteiger partial charge on any atom is -0.399 e. The van der Waals surface area contributed by atoms with Crippen molar-refractivity contribution in [3.05, 3.63) is 29.8 Å².